The normalized spacial score (nSPS) is 24.4. The zero-order chi connectivity index (χ0) is 19.4. The molecular weight excluding hydrogens is 415 g/mol. The maximum atomic E-state index is 6.08. The van der Waals surface area contributed by atoms with Crippen molar-refractivity contribution in [3.05, 3.63) is 65.2 Å². The van der Waals surface area contributed by atoms with E-state index in [2.05, 4.69) is 55.5 Å². The van der Waals surface area contributed by atoms with E-state index in [-0.39, 0.29) is 32.8 Å². The molecule has 0 unspecified atom stereocenters. The molecule has 2 heterocycles. The second kappa shape index (κ2) is 9.11. The first-order chi connectivity index (χ1) is 13.7. The van der Waals surface area contributed by atoms with Crippen molar-refractivity contribution in [2.75, 3.05) is 20.3 Å². The SMILES string of the molecule is CO[C@@](C)(C[Se]c1c([C@@H]2CCCO2)cccc1[C@@H]1CCCO1)c1ccccc1. The molecule has 0 amide bonds. The first-order valence-corrected chi connectivity index (χ1v) is 12.4. The van der Waals surface area contributed by atoms with Gasteiger partial charge >= 0.3 is 175 Å². The second-order valence-electron chi connectivity index (χ2n) is 7.86. The molecule has 0 N–H and O–H groups in total. The zero-order valence-corrected chi connectivity index (χ0v) is 18.6. The molecule has 4 heteroatoms. The molecule has 0 saturated carbocycles. The van der Waals surface area contributed by atoms with Crippen molar-refractivity contribution >= 4 is 19.4 Å². The third kappa shape index (κ3) is 4.22. The van der Waals surface area contributed by atoms with Crippen LogP contribution in [0.4, 0.5) is 0 Å². The Kier molecular flexibility index (Phi) is 6.55. The van der Waals surface area contributed by atoms with Gasteiger partial charge in [0.15, 0.2) is 0 Å². The van der Waals surface area contributed by atoms with Crippen LogP contribution in [0.5, 0.6) is 0 Å². The Morgan fingerprint density at radius 2 is 1.54 bits per heavy atom. The Labute approximate surface area is 174 Å². The van der Waals surface area contributed by atoms with Crippen LogP contribution in [0.15, 0.2) is 48.5 Å². The molecule has 3 atom stereocenters. The van der Waals surface area contributed by atoms with Gasteiger partial charge in [-0.3, -0.25) is 0 Å². The van der Waals surface area contributed by atoms with E-state index in [1.54, 1.807) is 0 Å². The summed E-state index contributed by atoms with van der Waals surface area (Å²) in [7, 11) is 1.83. The zero-order valence-electron chi connectivity index (χ0n) is 16.9. The Balaban J connectivity index is 1.65. The van der Waals surface area contributed by atoms with Crippen LogP contribution in [0, 0.1) is 0 Å². The third-order valence-electron chi connectivity index (χ3n) is 5.96. The van der Waals surface area contributed by atoms with Crippen LogP contribution in [0.25, 0.3) is 0 Å². The van der Waals surface area contributed by atoms with E-state index in [1.807, 2.05) is 7.11 Å². The van der Waals surface area contributed by atoms with Gasteiger partial charge in [0.25, 0.3) is 0 Å². The summed E-state index contributed by atoms with van der Waals surface area (Å²) in [4.78, 5) is 0. The number of hydrogen-bond donors (Lipinski definition) is 0. The van der Waals surface area contributed by atoms with Gasteiger partial charge < -0.3 is 0 Å². The Morgan fingerprint density at radius 1 is 0.929 bits per heavy atom. The monoisotopic (exact) mass is 446 g/mol. The molecule has 0 spiro atoms. The van der Waals surface area contributed by atoms with Crippen LogP contribution in [0.2, 0.25) is 5.32 Å². The molecule has 3 nitrogen and oxygen atoms in total. The minimum absolute atomic E-state index is 0.240. The van der Waals surface area contributed by atoms with Crippen LogP contribution in [0.3, 0.4) is 0 Å². The minimum atomic E-state index is -0.279. The van der Waals surface area contributed by atoms with Crippen LogP contribution >= 0.6 is 0 Å². The molecule has 0 aromatic heterocycles. The molecule has 0 aliphatic carbocycles. The summed E-state index contributed by atoms with van der Waals surface area (Å²) in [5.74, 6) is 0. The molecule has 2 fully saturated rings. The van der Waals surface area contributed by atoms with E-state index in [9.17, 15) is 0 Å². The number of methoxy groups -OCH3 is 1. The summed E-state index contributed by atoms with van der Waals surface area (Å²) in [6.07, 6.45) is 5.03. The number of rotatable bonds is 7. The number of benzene rings is 2. The van der Waals surface area contributed by atoms with Gasteiger partial charge in [0.2, 0.25) is 0 Å². The van der Waals surface area contributed by atoms with Crippen LogP contribution in [-0.2, 0) is 19.8 Å². The van der Waals surface area contributed by atoms with Gasteiger partial charge in [-0.2, -0.15) is 0 Å². The van der Waals surface area contributed by atoms with E-state index >= 15 is 0 Å². The summed E-state index contributed by atoms with van der Waals surface area (Å²) < 4.78 is 19.7. The van der Waals surface area contributed by atoms with E-state index in [1.165, 1.54) is 21.2 Å². The van der Waals surface area contributed by atoms with Crippen molar-refractivity contribution in [1.29, 1.82) is 0 Å². The fourth-order valence-electron chi connectivity index (χ4n) is 4.15. The van der Waals surface area contributed by atoms with Crippen molar-refractivity contribution in [1.82, 2.24) is 0 Å². The van der Waals surface area contributed by atoms with Crippen molar-refractivity contribution in [2.45, 2.75) is 55.7 Å². The van der Waals surface area contributed by atoms with Gasteiger partial charge in [0.05, 0.1) is 0 Å². The van der Waals surface area contributed by atoms with Gasteiger partial charge in [-0.25, -0.2) is 0 Å². The Hall–Kier alpha value is -1.16. The molecule has 28 heavy (non-hydrogen) atoms. The van der Waals surface area contributed by atoms with E-state index < -0.39 is 0 Å². The summed E-state index contributed by atoms with van der Waals surface area (Å²) in [6.45, 7) is 3.96. The topological polar surface area (TPSA) is 27.7 Å². The summed E-state index contributed by atoms with van der Waals surface area (Å²) in [5.41, 5.74) is 3.74. The van der Waals surface area contributed by atoms with Gasteiger partial charge in [-0.05, 0) is 0 Å². The molecule has 150 valence electrons. The summed E-state index contributed by atoms with van der Waals surface area (Å²) in [5, 5.41) is 0.990. The van der Waals surface area contributed by atoms with Crippen molar-refractivity contribution < 1.29 is 14.2 Å². The molecule has 4 rings (SSSR count). The first kappa shape index (κ1) is 20.1. The van der Waals surface area contributed by atoms with Crippen molar-refractivity contribution in [3.8, 4) is 0 Å². The van der Waals surface area contributed by atoms with Gasteiger partial charge in [0.1, 0.15) is 0 Å². The molecular formula is C24H30O3Se. The van der Waals surface area contributed by atoms with Gasteiger partial charge in [-0.15, -0.1) is 0 Å². The summed E-state index contributed by atoms with van der Waals surface area (Å²) >= 11 is 0.268. The van der Waals surface area contributed by atoms with Crippen molar-refractivity contribution in [3.63, 3.8) is 0 Å². The average Bonchev–Trinajstić information content (AvgIpc) is 3.47. The van der Waals surface area contributed by atoms with E-state index in [0.29, 0.717) is 0 Å². The van der Waals surface area contributed by atoms with Crippen molar-refractivity contribution in [2.24, 2.45) is 0 Å². The molecule has 2 aliphatic heterocycles. The van der Waals surface area contributed by atoms with E-state index in [4.69, 9.17) is 14.2 Å². The third-order valence-corrected chi connectivity index (χ3v) is 9.01. The molecule has 2 aromatic rings. The maximum absolute atomic E-state index is 6.08. The molecule has 2 saturated heterocycles. The Morgan fingerprint density at radius 3 is 2.04 bits per heavy atom. The van der Waals surface area contributed by atoms with Crippen LogP contribution in [-0.4, -0.2) is 35.3 Å². The Bertz CT molecular complexity index is 732. The second-order valence-corrected chi connectivity index (χ2v) is 9.93. The quantitative estimate of drug-likeness (QED) is 0.579. The van der Waals surface area contributed by atoms with Crippen LogP contribution in [0.1, 0.15) is 61.5 Å². The van der Waals surface area contributed by atoms with E-state index in [0.717, 1.165) is 44.2 Å². The average molecular weight is 445 g/mol. The fraction of sp³-hybridized carbons (Fsp3) is 0.500. The van der Waals surface area contributed by atoms with Gasteiger partial charge in [-0.1, -0.05) is 0 Å². The predicted molar refractivity (Wildman–Crippen MR) is 113 cm³/mol. The molecule has 0 radical (unpaired) electrons. The molecule has 2 aliphatic rings. The number of hydrogen-bond acceptors (Lipinski definition) is 3. The van der Waals surface area contributed by atoms with Gasteiger partial charge in [0, 0.05) is 0 Å². The molecule has 2 aromatic carbocycles. The first-order valence-electron chi connectivity index (χ1n) is 10.3. The summed E-state index contributed by atoms with van der Waals surface area (Å²) in [6, 6.07) is 17.3. The fourth-order valence-corrected chi connectivity index (χ4v) is 7.17. The number of ether oxygens (including phenoxy) is 3. The molecule has 0 bridgehead atoms. The van der Waals surface area contributed by atoms with Crippen LogP contribution < -0.4 is 4.46 Å². The standard InChI is InChI=1S/C24H30O3Se/c1-24(25-2,18-9-4-3-5-10-18)17-28-23-19(21-13-7-15-26-21)11-6-12-20(23)22-14-8-16-27-22/h3-6,9-12,21-22H,7-8,13-17H2,1-2H3/t21-,22-,24-/m0/s1. The predicted octanol–water partition coefficient (Wildman–Crippen LogP) is 4.70.